The molecule has 1 aliphatic carbocycles. The van der Waals surface area contributed by atoms with Crippen molar-refractivity contribution in [2.45, 2.75) is 70.2 Å². The minimum atomic E-state index is -1.11. The van der Waals surface area contributed by atoms with Gasteiger partial charge in [0, 0.05) is 13.1 Å². The Balaban J connectivity index is 0.00000242. The Bertz CT molecular complexity index is 409. The molecule has 0 spiro atoms. The van der Waals surface area contributed by atoms with Gasteiger partial charge < -0.3 is 24.3 Å². The molecule has 0 aromatic heterocycles. The molecular formula is C15H24NNaO5. The zero-order chi connectivity index (χ0) is 15.7. The fourth-order valence-corrected chi connectivity index (χ4v) is 2.67. The van der Waals surface area contributed by atoms with Crippen LogP contribution in [0.3, 0.4) is 0 Å². The molecule has 0 N–H and O–H groups in total. The van der Waals surface area contributed by atoms with Crippen molar-refractivity contribution in [2.24, 2.45) is 0 Å². The Labute approximate surface area is 153 Å². The van der Waals surface area contributed by atoms with Gasteiger partial charge in [0.1, 0.15) is 11.2 Å². The van der Waals surface area contributed by atoms with Crippen molar-refractivity contribution in [3.8, 4) is 0 Å². The van der Waals surface area contributed by atoms with E-state index in [1.54, 1.807) is 4.90 Å². The van der Waals surface area contributed by atoms with Gasteiger partial charge in [-0.05, 0) is 52.9 Å². The van der Waals surface area contributed by atoms with Crippen LogP contribution < -0.4 is 34.7 Å². The van der Waals surface area contributed by atoms with Gasteiger partial charge in [-0.3, -0.25) is 0 Å². The Morgan fingerprint density at radius 1 is 1.18 bits per heavy atom. The predicted molar refractivity (Wildman–Crippen MR) is 73.5 cm³/mol. The molecule has 120 valence electrons. The second-order valence-corrected chi connectivity index (χ2v) is 6.92. The molecule has 1 saturated carbocycles. The van der Waals surface area contributed by atoms with Gasteiger partial charge in [-0.25, -0.2) is 4.79 Å². The molecule has 1 saturated heterocycles. The number of hydrogen-bond donors (Lipinski definition) is 0. The number of nitrogens with zero attached hydrogens (tertiary/aromatic N) is 1. The summed E-state index contributed by atoms with van der Waals surface area (Å²) < 4.78 is 11.1. The van der Waals surface area contributed by atoms with E-state index >= 15 is 0 Å². The number of piperidine rings is 1. The van der Waals surface area contributed by atoms with Crippen molar-refractivity contribution in [2.75, 3.05) is 13.1 Å². The molecule has 2 fully saturated rings. The van der Waals surface area contributed by atoms with E-state index in [4.69, 9.17) is 9.47 Å². The number of carbonyl (C=O) groups is 2. The number of ether oxygens (including phenoxy) is 2. The van der Waals surface area contributed by atoms with E-state index in [0.29, 0.717) is 38.8 Å². The standard InChI is InChI=1S/C15H25NO5.Na/c1-14(2,3)21-13(19)16-9-5-11(6-10-16)20-15(12(17)18)7-4-8-15;/h11H,4-10H2,1-3H3,(H,17,18);/q;+1/p-1. The maximum Gasteiger partial charge on any atom is 1.00 e. The summed E-state index contributed by atoms with van der Waals surface area (Å²) in [6, 6.07) is 0. The van der Waals surface area contributed by atoms with Crippen molar-refractivity contribution in [3.05, 3.63) is 0 Å². The van der Waals surface area contributed by atoms with Crippen LogP contribution in [-0.4, -0.2) is 47.4 Å². The minimum Gasteiger partial charge on any atom is -0.547 e. The van der Waals surface area contributed by atoms with E-state index < -0.39 is 17.2 Å². The maximum atomic E-state index is 11.9. The minimum absolute atomic E-state index is 0. The van der Waals surface area contributed by atoms with Crippen LogP contribution >= 0.6 is 0 Å². The van der Waals surface area contributed by atoms with Gasteiger partial charge in [0.25, 0.3) is 0 Å². The number of aliphatic carboxylic acids is 1. The third-order valence-corrected chi connectivity index (χ3v) is 4.02. The monoisotopic (exact) mass is 321 g/mol. The average molecular weight is 321 g/mol. The Morgan fingerprint density at radius 3 is 2.09 bits per heavy atom. The smallest absolute Gasteiger partial charge is 0.547 e. The molecule has 0 unspecified atom stereocenters. The number of rotatable bonds is 3. The van der Waals surface area contributed by atoms with Crippen molar-refractivity contribution < 1.29 is 53.7 Å². The van der Waals surface area contributed by atoms with Gasteiger partial charge in [0.05, 0.1) is 12.1 Å². The summed E-state index contributed by atoms with van der Waals surface area (Å²) in [5.74, 6) is -1.11. The second kappa shape index (κ2) is 7.51. The Hall–Kier alpha value is -0.300. The number of carboxylic acids is 1. The zero-order valence-corrected chi connectivity index (χ0v) is 16.0. The first-order valence-corrected chi connectivity index (χ1v) is 7.59. The van der Waals surface area contributed by atoms with Crippen LogP contribution in [0, 0.1) is 0 Å². The number of likely N-dealkylation sites (tertiary alicyclic amines) is 1. The largest absolute Gasteiger partial charge is 1.00 e. The Morgan fingerprint density at radius 2 is 1.73 bits per heavy atom. The molecular weight excluding hydrogens is 297 g/mol. The first-order valence-electron chi connectivity index (χ1n) is 7.59. The third-order valence-electron chi connectivity index (χ3n) is 4.02. The molecule has 0 atom stereocenters. The molecule has 22 heavy (non-hydrogen) atoms. The summed E-state index contributed by atoms with van der Waals surface area (Å²) in [4.78, 5) is 24.8. The molecule has 0 aromatic carbocycles. The van der Waals surface area contributed by atoms with Gasteiger partial charge in [-0.2, -0.15) is 0 Å². The molecule has 7 heteroatoms. The second-order valence-electron chi connectivity index (χ2n) is 6.92. The van der Waals surface area contributed by atoms with Crippen LogP contribution in [0.4, 0.5) is 4.79 Å². The van der Waals surface area contributed by atoms with Crippen molar-refractivity contribution in [1.29, 1.82) is 0 Å². The summed E-state index contributed by atoms with van der Waals surface area (Å²) in [6.45, 7) is 6.56. The average Bonchev–Trinajstić information content (AvgIpc) is 2.32. The molecule has 0 bridgehead atoms. The van der Waals surface area contributed by atoms with Crippen molar-refractivity contribution in [3.63, 3.8) is 0 Å². The molecule has 1 aliphatic heterocycles. The molecule has 6 nitrogen and oxygen atoms in total. The molecule has 0 radical (unpaired) electrons. The van der Waals surface area contributed by atoms with Crippen LogP contribution in [0.25, 0.3) is 0 Å². The van der Waals surface area contributed by atoms with Crippen LogP contribution in [0.1, 0.15) is 52.9 Å². The van der Waals surface area contributed by atoms with E-state index in [-0.39, 0.29) is 41.8 Å². The molecule has 1 heterocycles. The first-order chi connectivity index (χ1) is 9.72. The van der Waals surface area contributed by atoms with Crippen LogP contribution in [0.2, 0.25) is 0 Å². The summed E-state index contributed by atoms with van der Waals surface area (Å²) in [5.41, 5.74) is -1.59. The quantitative estimate of drug-likeness (QED) is 0.566. The van der Waals surface area contributed by atoms with E-state index in [0.717, 1.165) is 6.42 Å². The summed E-state index contributed by atoms with van der Waals surface area (Å²) >= 11 is 0. The topological polar surface area (TPSA) is 78.9 Å². The molecule has 0 aromatic rings. The van der Waals surface area contributed by atoms with E-state index in [1.165, 1.54) is 0 Å². The SMILES string of the molecule is CC(C)(C)OC(=O)N1CCC(OC2(C(=O)[O-])CCC2)CC1.[Na+]. The fourth-order valence-electron chi connectivity index (χ4n) is 2.67. The van der Waals surface area contributed by atoms with Crippen LogP contribution in [0.5, 0.6) is 0 Å². The van der Waals surface area contributed by atoms with Crippen molar-refractivity contribution >= 4 is 12.1 Å². The Kier molecular flexibility index (Phi) is 6.74. The maximum absolute atomic E-state index is 11.9. The van der Waals surface area contributed by atoms with E-state index in [1.807, 2.05) is 20.8 Å². The number of hydrogen-bond acceptors (Lipinski definition) is 5. The van der Waals surface area contributed by atoms with Gasteiger partial charge >= 0.3 is 35.7 Å². The van der Waals surface area contributed by atoms with Gasteiger partial charge in [0.2, 0.25) is 0 Å². The normalized spacial score (nSPS) is 21.5. The van der Waals surface area contributed by atoms with Crippen molar-refractivity contribution in [1.82, 2.24) is 4.90 Å². The molecule has 2 aliphatic rings. The summed E-state index contributed by atoms with van der Waals surface area (Å²) in [6.07, 6.45) is 2.75. The van der Waals surface area contributed by atoms with Gasteiger partial charge in [-0.1, -0.05) is 0 Å². The first kappa shape index (κ1) is 19.7. The van der Waals surface area contributed by atoms with E-state index in [2.05, 4.69) is 0 Å². The fraction of sp³-hybridized carbons (Fsp3) is 0.867. The third kappa shape index (κ3) is 4.85. The number of carboxylic acid groups (broad SMARTS) is 1. The molecule has 1 amide bonds. The predicted octanol–water partition coefficient (Wildman–Crippen LogP) is -1.92. The number of amides is 1. The van der Waals surface area contributed by atoms with Crippen LogP contribution in [-0.2, 0) is 14.3 Å². The van der Waals surface area contributed by atoms with Crippen LogP contribution in [0.15, 0.2) is 0 Å². The summed E-state index contributed by atoms with van der Waals surface area (Å²) in [5, 5.41) is 11.2. The number of carbonyl (C=O) groups excluding carboxylic acids is 2. The summed E-state index contributed by atoms with van der Waals surface area (Å²) in [7, 11) is 0. The van der Waals surface area contributed by atoms with E-state index in [9.17, 15) is 14.7 Å². The molecule has 2 rings (SSSR count). The zero-order valence-electron chi connectivity index (χ0n) is 14.0. The van der Waals surface area contributed by atoms with Gasteiger partial charge in [-0.15, -0.1) is 0 Å². The van der Waals surface area contributed by atoms with Gasteiger partial charge in [0.15, 0.2) is 0 Å².